The average molecular weight is 403 g/mol. The van der Waals surface area contributed by atoms with Crippen LogP contribution >= 0.6 is 0 Å². The monoisotopic (exact) mass is 402 g/mol. The van der Waals surface area contributed by atoms with E-state index in [4.69, 9.17) is 4.74 Å². The van der Waals surface area contributed by atoms with Crippen LogP contribution in [0.1, 0.15) is 38.8 Å². The molecule has 0 radical (unpaired) electrons. The molecule has 1 aliphatic rings. The molecule has 1 heterocycles. The minimum Gasteiger partial charge on any atom is -0.487 e. The zero-order valence-corrected chi connectivity index (χ0v) is 17.4. The lowest BCUT2D eigenvalue weighted by molar-refractivity contribution is -0.123. The summed E-state index contributed by atoms with van der Waals surface area (Å²) in [4.78, 5) is 13.0. The Labute approximate surface area is 166 Å². The first kappa shape index (κ1) is 20.2. The Kier molecular flexibility index (Phi) is 5.39. The summed E-state index contributed by atoms with van der Waals surface area (Å²) in [5, 5.41) is 3.03. The number of hydrogen-bond donors (Lipinski definition) is 1. The molecular formula is C21H26N2O4S. The summed E-state index contributed by atoms with van der Waals surface area (Å²) >= 11 is 0. The number of ether oxygens (including phenoxy) is 1. The molecule has 2 aromatic carbocycles. The third-order valence-corrected chi connectivity index (χ3v) is 6.03. The maximum Gasteiger partial charge on any atom is 0.244 e. The van der Waals surface area contributed by atoms with Crippen LogP contribution in [0.15, 0.2) is 54.6 Å². The van der Waals surface area contributed by atoms with E-state index in [1.54, 1.807) is 37.3 Å². The van der Waals surface area contributed by atoms with E-state index in [2.05, 4.69) is 5.32 Å². The fraction of sp³-hybridized carbons (Fsp3) is 0.381. The van der Waals surface area contributed by atoms with E-state index in [-0.39, 0.29) is 11.9 Å². The number of amides is 1. The highest BCUT2D eigenvalue weighted by atomic mass is 32.2. The molecule has 1 aliphatic heterocycles. The van der Waals surface area contributed by atoms with Crippen molar-refractivity contribution >= 4 is 21.6 Å². The van der Waals surface area contributed by atoms with Gasteiger partial charge in [0.1, 0.15) is 17.4 Å². The average Bonchev–Trinajstić information content (AvgIpc) is 2.60. The molecule has 0 fully saturated rings. The van der Waals surface area contributed by atoms with Crippen molar-refractivity contribution in [2.75, 3.05) is 10.6 Å². The molecule has 0 saturated carbocycles. The van der Waals surface area contributed by atoms with Crippen molar-refractivity contribution in [2.24, 2.45) is 0 Å². The van der Waals surface area contributed by atoms with Gasteiger partial charge >= 0.3 is 0 Å². The Balaban J connectivity index is 1.87. The topological polar surface area (TPSA) is 75.7 Å². The zero-order valence-electron chi connectivity index (χ0n) is 16.5. The highest BCUT2D eigenvalue weighted by Crippen LogP contribution is 2.39. The first-order valence-corrected chi connectivity index (χ1v) is 11.1. The predicted molar refractivity (Wildman–Crippen MR) is 110 cm³/mol. The predicted octanol–water partition coefficient (Wildman–Crippen LogP) is 3.26. The second-order valence-electron chi connectivity index (χ2n) is 7.74. The van der Waals surface area contributed by atoms with Crippen LogP contribution in [0.4, 0.5) is 5.69 Å². The van der Waals surface area contributed by atoms with Gasteiger partial charge in [0.25, 0.3) is 0 Å². The summed E-state index contributed by atoms with van der Waals surface area (Å²) in [6.45, 7) is 5.54. The first-order valence-electron chi connectivity index (χ1n) is 9.21. The molecule has 0 aliphatic carbocycles. The molecule has 0 bridgehead atoms. The number of sulfonamides is 1. The molecule has 6 nitrogen and oxygen atoms in total. The molecule has 2 aromatic rings. The van der Waals surface area contributed by atoms with Crippen molar-refractivity contribution in [3.05, 3.63) is 60.2 Å². The van der Waals surface area contributed by atoms with Gasteiger partial charge in [0.05, 0.1) is 18.0 Å². The number of anilines is 1. The van der Waals surface area contributed by atoms with E-state index in [1.165, 1.54) is 0 Å². The van der Waals surface area contributed by atoms with E-state index >= 15 is 0 Å². The van der Waals surface area contributed by atoms with Crippen LogP contribution in [-0.2, 0) is 14.8 Å². The third-order valence-electron chi connectivity index (χ3n) is 4.79. The Morgan fingerprint density at radius 1 is 1.14 bits per heavy atom. The van der Waals surface area contributed by atoms with Gasteiger partial charge in [-0.25, -0.2) is 8.42 Å². The number of rotatable bonds is 5. The maximum atomic E-state index is 13.0. The molecule has 1 N–H and O–H groups in total. The summed E-state index contributed by atoms with van der Waals surface area (Å²) in [5.74, 6) is 0.381. The lowest BCUT2D eigenvalue weighted by atomic mass is 9.89. The van der Waals surface area contributed by atoms with Crippen LogP contribution in [0.3, 0.4) is 0 Å². The molecule has 1 amide bonds. The molecule has 0 saturated heterocycles. The first-order chi connectivity index (χ1) is 13.1. The second-order valence-corrected chi connectivity index (χ2v) is 9.59. The molecule has 0 unspecified atom stereocenters. The van der Waals surface area contributed by atoms with Crippen molar-refractivity contribution < 1.29 is 17.9 Å². The highest BCUT2D eigenvalue weighted by Gasteiger charge is 2.36. The fourth-order valence-corrected chi connectivity index (χ4v) is 4.78. The molecule has 150 valence electrons. The number of para-hydroxylation sites is 2. The number of hydrogen-bond acceptors (Lipinski definition) is 4. The fourth-order valence-electron chi connectivity index (χ4n) is 3.61. The van der Waals surface area contributed by atoms with E-state index in [9.17, 15) is 13.2 Å². The van der Waals surface area contributed by atoms with Crippen molar-refractivity contribution in [2.45, 2.75) is 44.9 Å². The van der Waals surface area contributed by atoms with Crippen molar-refractivity contribution in [3.8, 4) is 5.75 Å². The molecule has 3 rings (SSSR count). The normalized spacial score (nSPS) is 19.1. The lowest BCUT2D eigenvalue weighted by Crippen LogP contribution is -2.50. The SMILES string of the molecule is C[C@@H](C(=O)N[C@@H]1CC(C)(C)Oc2ccccc21)N(c1ccccc1)S(C)(=O)=O. The van der Waals surface area contributed by atoms with E-state index in [1.807, 2.05) is 38.1 Å². The second kappa shape index (κ2) is 7.47. The number of fused-ring (bicyclic) bond motifs is 1. The Morgan fingerprint density at radius 3 is 2.39 bits per heavy atom. The highest BCUT2D eigenvalue weighted by molar-refractivity contribution is 7.92. The zero-order chi connectivity index (χ0) is 20.5. The standard InChI is InChI=1S/C21H26N2O4S/c1-15(23(28(4,25)26)16-10-6-5-7-11-16)20(24)22-18-14-21(2,3)27-19-13-9-8-12-17(18)19/h5-13,15,18H,14H2,1-4H3,(H,22,24)/t15-,18+/m0/s1. The van der Waals surface area contributed by atoms with E-state index < -0.39 is 21.7 Å². The van der Waals surface area contributed by atoms with Gasteiger partial charge in [0, 0.05) is 12.0 Å². The Morgan fingerprint density at radius 2 is 1.75 bits per heavy atom. The minimum atomic E-state index is -3.64. The van der Waals surface area contributed by atoms with Crippen LogP contribution in [-0.4, -0.2) is 32.2 Å². The summed E-state index contributed by atoms with van der Waals surface area (Å²) < 4.78 is 32.0. The summed E-state index contributed by atoms with van der Waals surface area (Å²) in [6.07, 6.45) is 1.70. The van der Waals surface area contributed by atoms with Crippen LogP contribution in [0, 0.1) is 0 Å². The van der Waals surface area contributed by atoms with Gasteiger partial charge in [0.2, 0.25) is 15.9 Å². The van der Waals surface area contributed by atoms with Gasteiger partial charge in [-0.2, -0.15) is 0 Å². The van der Waals surface area contributed by atoms with Gasteiger partial charge < -0.3 is 10.1 Å². The number of nitrogens with one attached hydrogen (secondary N) is 1. The van der Waals surface area contributed by atoms with Crippen molar-refractivity contribution in [1.29, 1.82) is 0 Å². The summed E-state index contributed by atoms with van der Waals surface area (Å²) in [7, 11) is -3.64. The largest absolute Gasteiger partial charge is 0.487 e. The summed E-state index contributed by atoms with van der Waals surface area (Å²) in [6, 6.07) is 15.1. The van der Waals surface area contributed by atoms with Crippen molar-refractivity contribution in [1.82, 2.24) is 5.32 Å². The molecule has 7 heteroatoms. The van der Waals surface area contributed by atoms with Gasteiger partial charge in [-0.05, 0) is 39.0 Å². The smallest absolute Gasteiger partial charge is 0.244 e. The molecule has 28 heavy (non-hydrogen) atoms. The van der Waals surface area contributed by atoms with Gasteiger partial charge in [-0.3, -0.25) is 9.10 Å². The van der Waals surface area contributed by atoms with Gasteiger partial charge in [-0.1, -0.05) is 36.4 Å². The number of carbonyl (C=O) groups excluding carboxylic acids is 1. The maximum absolute atomic E-state index is 13.0. The van der Waals surface area contributed by atoms with Crippen LogP contribution < -0.4 is 14.4 Å². The van der Waals surface area contributed by atoms with Gasteiger partial charge in [0.15, 0.2) is 0 Å². The molecule has 0 aromatic heterocycles. The summed E-state index contributed by atoms with van der Waals surface area (Å²) in [5.41, 5.74) is 0.916. The van der Waals surface area contributed by atoms with E-state index in [0.717, 1.165) is 21.9 Å². The quantitative estimate of drug-likeness (QED) is 0.833. The number of nitrogens with zero attached hydrogens (tertiary/aromatic N) is 1. The molecular weight excluding hydrogens is 376 g/mol. The lowest BCUT2D eigenvalue weighted by Gasteiger charge is -2.38. The Bertz CT molecular complexity index is 957. The molecule has 0 spiro atoms. The van der Waals surface area contributed by atoms with E-state index in [0.29, 0.717) is 12.1 Å². The van der Waals surface area contributed by atoms with Crippen molar-refractivity contribution in [3.63, 3.8) is 0 Å². The number of carbonyl (C=O) groups is 1. The molecule has 2 atom stereocenters. The van der Waals surface area contributed by atoms with Gasteiger partial charge in [-0.15, -0.1) is 0 Å². The van der Waals surface area contributed by atoms with Crippen LogP contribution in [0.5, 0.6) is 5.75 Å². The van der Waals surface area contributed by atoms with Crippen LogP contribution in [0.25, 0.3) is 0 Å². The van der Waals surface area contributed by atoms with Crippen LogP contribution in [0.2, 0.25) is 0 Å². The Hall–Kier alpha value is -2.54. The minimum absolute atomic E-state index is 0.257. The third kappa shape index (κ3) is 4.30. The number of benzene rings is 2.